The number of halogens is 1. The number of nitrogens with two attached hydrogens (primary N) is 1. The zero-order valence-electron chi connectivity index (χ0n) is 17.8. The van der Waals surface area contributed by atoms with Crippen LogP contribution in [0.15, 0.2) is 12.1 Å². The summed E-state index contributed by atoms with van der Waals surface area (Å²) >= 11 is 0. The highest BCUT2D eigenvalue weighted by molar-refractivity contribution is 5.99. The van der Waals surface area contributed by atoms with Gasteiger partial charge in [0.1, 0.15) is 17.4 Å². The molecule has 2 unspecified atom stereocenters. The van der Waals surface area contributed by atoms with E-state index in [-0.39, 0.29) is 28.8 Å². The van der Waals surface area contributed by atoms with Crippen LogP contribution in [0.25, 0.3) is 5.69 Å². The van der Waals surface area contributed by atoms with Crippen LogP contribution < -0.4 is 11.1 Å². The van der Waals surface area contributed by atoms with Crippen LogP contribution in [0, 0.1) is 29.5 Å². The van der Waals surface area contributed by atoms with Crippen LogP contribution in [-0.2, 0) is 6.42 Å². The Hall–Kier alpha value is -2.72. The number of nitrogens with one attached hydrogen (secondary N) is 1. The number of nitrogens with zero attached hydrogens (tertiary/aromatic N) is 3. The zero-order chi connectivity index (χ0) is 21.6. The Labute approximate surface area is 176 Å². The number of fused-ring (bicyclic) bond motifs is 1. The van der Waals surface area contributed by atoms with Gasteiger partial charge in [-0.2, -0.15) is 10.4 Å². The fourth-order valence-corrected chi connectivity index (χ4v) is 4.83. The second-order valence-corrected chi connectivity index (χ2v) is 9.42. The number of benzene rings is 1. The molecular weight excluding hydrogens is 381 g/mol. The second kappa shape index (κ2) is 7.51. The molecule has 2 atom stereocenters. The molecule has 2 aromatic rings. The summed E-state index contributed by atoms with van der Waals surface area (Å²) in [6.45, 7) is 5.92. The number of ketones is 1. The van der Waals surface area contributed by atoms with Gasteiger partial charge < -0.3 is 11.1 Å². The molecule has 6 nitrogen and oxygen atoms in total. The second-order valence-electron chi connectivity index (χ2n) is 9.42. The van der Waals surface area contributed by atoms with Crippen molar-refractivity contribution in [2.45, 2.75) is 71.4 Å². The minimum Gasteiger partial charge on any atom is -0.380 e. The molecule has 0 saturated heterocycles. The first kappa shape index (κ1) is 20.5. The van der Waals surface area contributed by atoms with Gasteiger partial charge in [0.05, 0.1) is 28.3 Å². The van der Waals surface area contributed by atoms with E-state index in [1.807, 2.05) is 13.0 Å². The van der Waals surface area contributed by atoms with Gasteiger partial charge in [-0.25, -0.2) is 9.07 Å². The van der Waals surface area contributed by atoms with Crippen molar-refractivity contribution >= 4 is 11.5 Å². The van der Waals surface area contributed by atoms with Gasteiger partial charge in [-0.3, -0.25) is 4.79 Å². The Morgan fingerprint density at radius 1 is 1.30 bits per heavy atom. The number of carbonyl (C=O) groups is 1. The van der Waals surface area contributed by atoms with Crippen molar-refractivity contribution < 1.29 is 9.18 Å². The van der Waals surface area contributed by atoms with E-state index in [0.29, 0.717) is 35.5 Å². The smallest absolute Gasteiger partial charge is 0.167 e. The quantitative estimate of drug-likeness (QED) is 0.798. The SMILES string of the molecule is Cc1nn(-c2cc(F)c(C#N)c(NC3CCCCC3N)c2)c2c1C(=O)CC(C)(C)C2. The van der Waals surface area contributed by atoms with E-state index in [0.717, 1.165) is 31.4 Å². The molecule has 0 radical (unpaired) electrons. The average molecular weight is 410 g/mol. The van der Waals surface area contributed by atoms with Crippen LogP contribution >= 0.6 is 0 Å². The minimum atomic E-state index is -0.606. The Balaban J connectivity index is 1.80. The number of rotatable bonds is 3. The first-order valence-corrected chi connectivity index (χ1v) is 10.6. The zero-order valence-corrected chi connectivity index (χ0v) is 17.8. The Bertz CT molecular complexity index is 1050. The molecule has 2 aliphatic rings. The molecular formula is C23H28FN5O. The van der Waals surface area contributed by atoms with Gasteiger partial charge in [0.2, 0.25) is 0 Å². The van der Waals surface area contributed by atoms with E-state index in [2.05, 4.69) is 24.3 Å². The van der Waals surface area contributed by atoms with Gasteiger partial charge in [-0.05, 0) is 37.7 Å². The van der Waals surface area contributed by atoms with Crippen LogP contribution in [0.3, 0.4) is 0 Å². The molecule has 0 bridgehead atoms. The summed E-state index contributed by atoms with van der Waals surface area (Å²) in [5.74, 6) is -0.532. The van der Waals surface area contributed by atoms with Crippen LogP contribution in [0.5, 0.6) is 0 Å². The lowest BCUT2D eigenvalue weighted by molar-refractivity contribution is 0.0910. The van der Waals surface area contributed by atoms with Crippen molar-refractivity contribution in [1.82, 2.24) is 9.78 Å². The molecule has 1 aromatic carbocycles. The summed E-state index contributed by atoms with van der Waals surface area (Å²) in [4.78, 5) is 12.7. The number of hydrogen-bond acceptors (Lipinski definition) is 5. The number of aromatic nitrogens is 2. The Morgan fingerprint density at radius 2 is 2.03 bits per heavy atom. The summed E-state index contributed by atoms with van der Waals surface area (Å²) in [5.41, 5.74) is 9.08. The van der Waals surface area contributed by atoms with Crippen molar-refractivity contribution in [3.8, 4) is 11.8 Å². The fourth-order valence-electron chi connectivity index (χ4n) is 4.83. The maximum atomic E-state index is 14.9. The lowest BCUT2D eigenvalue weighted by Crippen LogP contribution is -2.42. The molecule has 7 heteroatoms. The standard InChI is InChI=1S/C23H28FN5O/c1-13-22-20(10-23(2,3)11-21(22)30)29(28-13)14-8-16(24)15(12-25)19(9-14)27-18-7-5-4-6-17(18)26/h8-9,17-18,27H,4-7,10-11,26H2,1-3H3. The van der Waals surface area contributed by atoms with Gasteiger partial charge >= 0.3 is 0 Å². The van der Waals surface area contributed by atoms with Crippen LogP contribution in [0.2, 0.25) is 0 Å². The Kier molecular flexibility index (Phi) is 5.15. The van der Waals surface area contributed by atoms with Gasteiger partial charge in [0, 0.05) is 24.6 Å². The molecule has 158 valence electrons. The summed E-state index contributed by atoms with van der Waals surface area (Å²) in [6, 6.07) is 5.01. The predicted molar refractivity (Wildman–Crippen MR) is 113 cm³/mol. The van der Waals surface area contributed by atoms with Gasteiger partial charge in [0.15, 0.2) is 5.78 Å². The monoisotopic (exact) mass is 409 g/mol. The number of aryl methyl sites for hydroxylation is 1. The third kappa shape index (κ3) is 3.61. The minimum absolute atomic E-state index is 0.00529. The van der Waals surface area contributed by atoms with Crippen molar-refractivity contribution in [2.75, 3.05) is 5.32 Å². The third-order valence-corrected chi connectivity index (χ3v) is 6.31. The van der Waals surface area contributed by atoms with E-state index in [1.165, 1.54) is 6.07 Å². The highest BCUT2D eigenvalue weighted by Crippen LogP contribution is 2.37. The summed E-state index contributed by atoms with van der Waals surface area (Å²) in [5, 5.41) is 17.4. The maximum Gasteiger partial charge on any atom is 0.167 e. The topological polar surface area (TPSA) is 96.7 Å². The van der Waals surface area contributed by atoms with Gasteiger partial charge in [-0.1, -0.05) is 26.7 Å². The summed E-state index contributed by atoms with van der Waals surface area (Å²) < 4.78 is 16.6. The molecule has 0 amide bonds. The van der Waals surface area contributed by atoms with Crippen LogP contribution in [0.4, 0.5) is 10.1 Å². The number of carbonyl (C=O) groups excluding carboxylic acids is 1. The third-order valence-electron chi connectivity index (χ3n) is 6.31. The van der Waals surface area contributed by atoms with Crippen molar-refractivity contribution in [3.63, 3.8) is 0 Å². The highest BCUT2D eigenvalue weighted by atomic mass is 19.1. The van der Waals surface area contributed by atoms with Crippen LogP contribution in [0.1, 0.15) is 73.3 Å². The van der Waals surface area contributed by atoms with E-state index in [4.69, 9.17) is 5.73 Å². The van der Waals surface area contributed by atoms with Crippen molar-refractivity contribution in [2.24, 2.45) is 11.1 Å². The lowest BCUT2D eigenvalue weighted by atomic mass is 9.75. The number of anilines is 1. The van der Waals surface area contributed by atoms with Gasteiger partial charge in [0.25, 0.3) is 0 Å². The first-order valence-electron chi connectivity index (χ1n) is 10.6. The van der Waals surface area contributed by atoms with E-state index in [1.54, 1.807) is 10.7 Å². The Morgan fingerprint density at radius 3 is 2.73 bits per heavy atom. The van der Waals surface area contributed by atoms with E-state index < -0.39 is 5.82 Å². The molecule has 1 saturated carbocycles. The molecule has 2 aliphatic carbocycles. The number of nitriles is 1. The van der Waals surface area contributed by atoms with E-state index >= 15 is 0 Å². The molecule has 0 aliphatic heterocycles. The highest BCUT2D eigenvalue weighted by Gasteiger charge is 2.36. The summed E-state index contributed by atoms with van der Waals surface area (Å²) in [6.07, 6.45) is 5.08. The fraction of sp³-hybridized carbons (Fsp3) is 0.522. The van der Waals surface area contributed by atoms with Crippen molar-refractivity contribution in [1.29, 1.82) is 5.26 Å². The molecule has 1 fully saturated rings. The lowest BCUT2D eigenvalue weighted by Gasteiger charge is -2.31. The normalized spacial score (nSPS) is 23.0. The molecule has 30 heavy (non-hydrogen) atoms. The van der Waals surface area contributed by atoms with E-state index in [9.17, 15) is 14.4 Å². The number of hydrogen-bond donors (Lipinski definition) is 2. The first-order chi connectivity index (χ1) is 14.2. The largest absolute Gasteiger partial charge is 0.380 e. The molecule has 1 heterocycles. The average Bonchev–Trinajstić information content (AvgIpc) is 2.98. The molecule has 0 spiro atoms. The van der Waals surface area contributed by atoms with Gasteiger partial charge in [-0.15, -0.1) is 0 Å². The summed E-state index contributed by atoms with van der Waals surface area (Å²) in [7, 11) is 0. The maximum absolute atomic E-state index is 14.9. The molecule has 1 aromatic heterocycles. The molecule has 3 N–H and O–H groups in total. The van der Waals surface area contributed by atoms with Crippen molar-refractivity contribution in [3.05, 3.63) is 40.5 Å². The number of Topliss-reactive ketones (excluding diaryl/α,β-unsaturated/α-hetero) is 1. The molecule has 4 rings (SSSR count). The predicted octanol–water partition coefficient (Wildman–Crippen LogP) is 4.03. The van der Waals surface area contributed by atoms with Crippen LogP contribution in [-0.4, -0.2) is 27.6 Å².